The van der Waals surface area contributed by atoms with Gasteiger partial charge in [-0.15, -0.1) is 10.2 Å². The summed E-state index contributed by atoms with van der Waals surface area (Å²) in [6.07, 6.45) is 11.1. The maximum Gasteiger partial charge on any atom is 0.229 e. The first-order valence-corrected chi connectivity index (χ1v) is 23.5. The van der Waals surface area contributed by atoms with Crippen LogP contribution in [0.2, 0.25) is 5.28 Å². The maximum atomic E-state index is 14.7. The van der Waals surface area contributed by atoms with E-state index in [0.29, 0.717) is 46.6 Å². The summed E-state index contributed by atoms with van der Waals surface area (Å²) < 4.78 is 42.1. The van der Waals surface area contributed by atoms with Crippen molar-refractivity contribution in [2.75, 3.05) is 49.0 Å². The van der Waals surface area contributed by atoms with Crippen molar-refractivity contribution in [2.45, 2.75) is 136 Å². The molecule has 2 aromatic carbocycles. The number of nitrogens with one attached hydrogen (secondary N) is 3. The van der Waals surface area contributed by atoms with Gasteiger partial charge in [0.25, 0.3) is 0 Å². The van der Waals surface area contributed by atoms with E-state index >= 15 is 0 Å². The van der Waals surface area contributed by atoms with Gasteiger partial charge in [0.05, 0.1) is 38.0 Å². The molecule has 0 radical (unpaired) electrons. The fraction of sp³-hybridized carbons (Fsp3) is 0.532. The zero-order valence-corrected chi connectivity index (χ0v) is 41.0. The number of nitrogens with two attached hydrogens (primary N) is 1. The highest BCUT2D eigenvalue weighted by molar-refractivity contribution is 6.28. The Morgan fingerprint density at radius 2 is 1.20 bits per heavy atom. The second kappa shape index (κ2) is 21.7. The number of piperidine rings is 2. The highest BCUT2D eigenvalue weighted by Crippen LogP contribution is 2.40. The number of ether oxygens (including phenoxy) is 2. The lowest BCUT2D eigenvalue weighted by Crippen LogP contribution is -2.55. The van der Waals surface area contributed by atoms with E-state index < -0.39 is 11.6 Å². The van der Waals surface area contributed by atoms with Gasteiger partial charge < -0.3 is 31.2 Å². The normalized spacial score (nSPS) is 21.1. The van der Waals surface area contributed by atoms with E-state index in [4.69, 9.17) is 26.8 Å². The molecule has 20 nitrogen and oxygen atoms in total. The van der Waals surface area contributed by atoms with Crippen LogP contribution in [0.5, 0.6) is 11.5 Å². The van der Waals surface area contributed by atoms with Gasteiger partial charge in [-0.2, -0.15) is 19.3 Å². The van der Waals surface area contributed by atoms with E-state index in [9.17, 15) is 8.78 Å². The summed E-state index contributed by atoms with van der Waals surface area (Å²) in [7, 11) is 3.17. The number of aryl methyl sites for hydroxylation is 2. The number of rotatable bonds is 10. The van der Waals surface area contributed by atoms with Gasteiger partial charge in [-0.1, -0.05) is 7.43 Å². The van der Waals surface area contributed by atoms with Crippen molar-refractivity contribution in [3.63, 3.8) is 0 Å². The number of nitrogen functional groups attached to an aromatic ring is 1. The Morgan fingerprint density at radius 1 is 0.700 bits per heavy atom. The minimum absolute atomic E-state index is 0. The average Bonchev–Trinajstić information content (AvgIpc) is 4.15. The fourth-order valence-electron chi connectivity index (χ4n) is 10.4. The molecule has 0 aliphatic carbocycles. The molecule has 0 saturated carbocycles. The van der Waals surface area contributed by atoms with Crippen LogP contribution in [-0.4, -0.2) is 133 Å². The molecular weight excluding hydrogens is 922 g/mol. The van der Waals surface area contributed by atoms with Crippen LogP contribution in [0.25, 0.3) is 11.4 Å². The van der Waals surface area contributed by atoms with Crippen LogP contribution in [0.4, 0.5) is 37.7 Å². The lowest BCUT2D eigenvalue weighted by atomic mass is 9.84. The topological polar surface area (TPSA) is 226 Å². The van der Waals surface area contributed by atoms with Crippen molar-refractivity contribution in [3.05, 3.63) is 77.4 Å². The van der Waals surface area contributed by atoms with Gasteiger partial charge >= 0.3 is 0 Å². The van der Waals surface area contributed by atoms with Crippen molar-refractivity contribution >= 4 is 40.6 Å². The van der Waals surface area contributed by atoms with Crippen molar-refractivity contribution in [1.29, 1.82) is 0 Å². The van der Waals surface area contributed by atoms with E-state index in [0.717, 1.165) is 49.8 Å². The number of anilines is 5. The summed E-state index contributed by atoms with van der Waals surface area (Å²) in [4.78, 5) is 21.4. The average molecular weight is 988 g/mol. The summed E-state index contributed by atoms with van der Waals surface area (Å²) in [6, 6.07) is 12.3. The van der Waals surface area contributed by atoms with Gasteiger partial charge in [0.1, 0.15) is 11.5 Å². The number of fused-ring (bicyclic) bond motifs is 2. The molecule has 70 heavy (non-hydrogen) atoms. The van der Waals surface area contributed by atoms with E-state index in [1.807, 2.05) is 32.0 Å². The smallest absolute Gasteiger partial charge is 0.229 e. The molecule has 5 N–H and O–H groups in total. The van der Waals surface area contributed by atoms with Gasteiger partial charge in [-0.25, -0.2) is 18.7 Å². The van der Waals surface area contributed by atoms with Gasteiger partial charge in [0.2, 0.25) is 11.2 Å². The minimum Gasteiger partial charge on any atom is -0.497 e. The zero-order chi connectivity index (χ0) is 49.0. The second-order valence-corrected chi connectivity index (χ2v) is 19.5. The van der Waals surface area contributed by atoms with E-state index in [1.165, 1.54) is 38.4 Å². The Hall–Kier alpha value is -6.39. The van der Waals surface area contributed by atoms with Crippen molar-refractivity contribution in [3.8, 4) is 22.9 Å². The molecule has 4 atom stereocenters. The summed E-state index contributed by atoms with van der Waals surface area (Å²) in [5.74, 6) is 2.44. The molecule has 23 heteroatoms. The third-order valence-corrected chi connectivity index (χ3v) is 13.5. The van der Waals surface area contributed by atoms with Crippen molar-refractivity contribution in [2.24, 2.45) is 0 Å². The number of methoxy groups -OCH3 is 2. The Bertz CT molecular complexity index is 2720. The number of hydrogen-bond donors (Lipinski definition) is 4. The number of halogens is 3. The second-order valence-electron chi connectivity index (χ2n) is 19.2. The van der Waals surface area contributed by atoms with Crippen LogP contribution < -0.4 is 31.2 Å². The summed E-state index contributed by atoms with van der Waals surface area (Å²) in [5.41, 5.74) is 8.73. The van der Waals surface area contributed by atoms with Crippen LogP contribution in [-0.2, 0) is 0 Å². The molecule has 4 unspecified atom stereocenters. The molecule has 4 aliphatic rings. The van der Waals surface area contributed by atoms with E-state index in [2.05, 4.69) is 104 Å². The molecule has 4 aliphatic heterocycles. The Kier molecular flexibility index (Phi) is 16.0. The van der Waals surface area contributed by atoms with Crippen LogP contribution in [0.1, 0.15) is 98.1 Å². The molecule has 8 heterocycles. The number of aromatic nitrogens is 12. The Balaban J connectivity index is 0.000000170. The van der Waals surface area contributed by atoms with Crippen molar-refractivity contribution < 1.29 is 18.3 Å². The first-order chi connectivity index (χ1) is 33.0. The third-order valence-electron chi connectivity index (χ3n) is 13.3. The number of nitrogens with zero attached hydrogens (tertiary/aromatic N) is 14. The molecule has 6 aromatic rings. The van der Waals surface area contributed by atoms with Gasteiger partial charge in [-0.3, -0.25) is 9.80 Å². The Morgan fingerprint density at radius 3 is 1.71 bits per heavy atom. The molecule has 4 saturated heterocycles. The van der Waals surface area contributed by atoms with Crippen LogP contribution >= 0.6 is 11.6 Å². The Labute approximate surface area is 412 Å². The van der Waals surface area contributed by atoms with Crippen LogP contribution in [0.15, 0.2) is 48.8 Å². The summed E-state index contributed by atoms with van der Waals surface area (Å²) in [5, 5.41) is 32.7. The molecular formula is C47H65ClF2N18O2. The summed E-state index contributed by atoms with van der Waals surface area (Å²) in [6.45, 7) is 15.0. The number of tetrazole rings is 2. The lowest BCUT2D eigenvalue weighted by Gasteiger charge is -2.47. The molecule has 0 amide bonds. The predicted molar refractivity (Wildman–Crippen MR) is 265 cm³/mol. The molecule has 376 valence electrons. The van der Waals surface area contributed by atoms with Crippen LogP contribution in [0, 0.1) is 25.5 Å². The first-order valence-electron chi connectivity index (χ1n) is 23.2. The summed E-state index contributed by atoms with van der Waals surface area (Å²) >= 11 is 5.74. The largest absolute Gasteiger partial charge is 0.497 e. The predicted octanol–water partition coefficient (Wildman–Crippen LogP) is 7.75. The first kappa shape index (κ1) is 51.5. The van der Waals surface area contributed by atoms with E-state index in [-0.39, 0.29) is 53.5 Å². The number of hydrogen-bond acceptors (Lipinski definition) is 18. The monoisotopic (exact) mass is 987 g/mol. The maximum absolute atomic E-state index is 14.7. The molecule has 0 spiro atoms. The van der Waals surface area contributed by atoms with Gasteiger partial charge in [0.15, 0.2) is 34.9 Å². The lowest BCUT2D eigenvalue weighted by molar-refractivity contribution is 0.0498. The van der Waals surface area contributed by atoms with Gasteiger partial charge in [0, 0.05) is 70.9 Å². The molecule has 0 bridgehead atoms. The highest BCUT2D eigenvalue weighted by atomic mass is 35.5. The van der Waals surface area contributed by atoms with Crippen LogP contribution in [0.3, 0.4) is 0 Å². The standard InChI is InChI=1S/C23H30FN9O.C14H20ClFN4.C9H11N5O.CH4/c1-14-29-30-31-33(14)18-8-15(10-19(11-18)34-4)27-22-25-13-20(24)21(28-22)26-16-9-17-6-5-7-32(17)23(2,3)12-16;1-14(2)7-9(6-10-4-3-5-20(10)14)18-12-11(16)8-17-13(15)19-12;1-6-11-12-13-14(6)8-3-7(10)4-9(5-8)15-2;/h8,10-11,13,16-17H,5-7,9,12H2,1-4H3,(H2,25,26,27,28);8-10H,3-7H2,1-2H3,(H,17,18,19);3-5H,10H2,1-2H3;1H4. The zero-order valence-electron chi connectivity index (χ0n) is 40.3. The third kappa shape index (κ3) is 12.0. The number of benzene rings is 2. The van der Waals surface area contributed by atoms with E-state index in [1.54, 1.807) is 41.8 Å². The minimum atomic E-state index is -0.465. The quantitative estimate of drug-likeness (QED) is 0.0760. The fourth-order valence-corrected chi connectivity index (χ4v) is 10.5. The van der Waals surface area contributed by atoms with Crippen molar-refractivity contribution in [1.82, 2.24) is 70.2 Å². The highest BCUT2D eigenvalue weighted by Gasteiger charge is 2.44. The SMILES string of the molecule is C.CC1(C)CC(Nc2nc(Cl)ncc2F)CC2CCCN21.COc1cc(N)cc(-n2nnnc2C)c1.COc1cc(Nc2ncc(F)c(NC3CC4CCCN4C(C)(C)C3)n2)cc(-n2nnnc2C)c1. The van der Waals surface area contributed by atoms with Gasteiger partial charge in [-0.05, 0) is 151 Å². The molecule has 4 fully saturated rings. The molecule has 4 aromatic heterocycles. The molecule has 10 rings (SSSR count).